The molecule has 10 nitrogen and oxygen atoms in total. The van der Waals surface area contributed by atoms with Crippen molar-refractivity contribution in [2.45, 2.75) is 45.1 Å². The summed E-state index contributed by atoms with van der Waals surface area (Å²) in [5.74, 6) is 5.56. The third-order valence-corrected chi connectivity index (χ3v) is 10.8. The molecule has 6 rings (SSSR count). The lowest BCUT2D eigenvalue weighted by atomic mass is 10.0. The van der Waals surface area contributed by atoms with E-state index in [1.165, 1.54) is 10.6 Å². The second-order valence-electron chi connectivity index (χ2n) is 12.5. The summed E-state index contributed by atoms with van der Waals surface area (Å²) >= 11 is 12.6. The Morgan fingerprint density at radius 2 is 1.72 bits per heavy atom. The van der Waals surface area contributed by atoms with Crippen LogP contribution in [0.15, 0.2) is 66.7 Å². The van der Waals surface area contributed by atoms with Crippen LogP contribution in [0.25, 0.3) is 11.3 Å². The molecule has 2 aliphatic heterocycles. The van der Waals surface area contributed by atoms with E-state index in [0.29, 0.717) is 68.5 Å². The predicted molar refractivity (Wildman–Crippen MR) is 194 cm³/mol. The molecule has 1 unspecified atom stereocenters. The average Bonchev–Trinajstić information content (AvgIpc) is 3.47. The number of hydrogen-bond acceptors (Lipinski definition) is 7. The molecule has 262 valence electrons. The van der Waals surface area contributed by atoms with Gasteiger partial charge in [-0.1, -0.05) is 65.4 Å². The number of halogens is 2. The summed E-state index contributed by atoms with van der Waals surface area (Å²) in [6, 6.07) is 20.8. The third kappa shape index (κ3) is 8.94. The van der Waals surface area contributed by atoms with Gasteiger partial charge in [0.15, 0.2) is 0 Å². The second-order valence-corrected chi connectivity index (χ2v) is 15.4. The van der Waals surface area contributed by atoms with Crippen LogP contribution in [0.5, 0.6) is 0 Å². The zero-order valence-corrected chi connectivity index (χ0v) is 30.1. The number of carbonyl (C=O) groups is 1. The molecule has 0 saturated carbocycles. The molecule has 2 aliphatic rings. The number of carboxylic acid groups (broad SMARTS) is 1. The molecule has 4 aromatic rings. The quantitative estimate of drug-likeness (QED) is 0.206. The maximum absolute atomic E-state index is 12.5. The third-order valence-electron chi connectivity index (χ3n) is 9.01. The minimum atomic E-state index is -3.41. The molecule has 0 radical (unpaired) electrons. The predicted octanol–water partition coefficient (Wildman–Crippen LogP) is 5.04. The fourth-order valence-electron chi connectivity index (χ4n) is 6.29. The standard InChI is InChI=1S/C37H39Cl2N5O5S/c1-50(47,48)43-18-15-34-32(24-43)36(41-44(34)17-2-16-42-19-20-49-25-35(42)37(45)46)30-11-14-33(39)29(21-30)10-7-26-3-5-27(6-4-26)22-40-23-28-8-12-31(38)13-9-28/h3-6,8-9,11-14,21,35,40H,2,15-20,22-25H2,1H3,(H,45,46). The van der Waals surface area contributed by atoms with Gasteiger partial charge in [0.05, 0.1) is 30.2 Å². The van der Waals surface area contributed by atoms with Crippen molar-refractivity contribution in [2.24, 2.45) is 0 Å². The molecule has 0 spiro atoms. The Morgan fingerprint density at radius 1 is 1.00 bits per heavy atom. The van der Waals surface area contributed by atoms with E-state index in [-0.39, 0.29) is 13.2 Å². The largest absolute Gasteiger partial charge is 0.480 e. The van der Waals surface area contributed by atoms with E-state index < -0.39 is 22.0 Å². The van der Waals surface area contributed by atoms with E-state index in [2.05, 4.69) is 17.2 Å². The number of aryl methyl sites for hydroxylation is 1. The summed E-state index contributed by atoms with van der Waals surface area (Å²) in [5.41, 5.74) is 7.13. The summed E-state index contributed by atoms with van der Waals surface area (Å²) in [6.45, 7) is 4.44. The smallest absolute Gasteiger partial charge is 0.323 e. The average molecular weight is 737 g/mol. The number of benzene rings is 3. The van der Waals surface area contributed by atoms with Gasteiger partial charge in [0.2, 0.25) is 10.0 Å². The van der Waals surface area contributed by atoms with Crippen LogP contribution in [0.3, 0.4) is 0 Å². The number of nitrogens with one attached hydrogen (secondary N) is 1. The Balaban J connectivity index is 1.18. The SMILES string of the molecule is CS(=O)(=O)N1CCc2c(c(-c3ccc(Cl)c(C#Cc4ccc(CNCc5ccc(Cl)cc5)cc4)c3)nn2CCCN2CCOCC2C(=O)O)C1. The lowest BCUT2D eigenvalue weighted by molar-refractivity contribution is -0.149. The van der Waals surface area contributed by atoms with Crippen LogP contribution in [0.2, 0.25) is 10.0 Å². The van der Waals surface area contributed by atoms with Crippen LogP contribution in [-0.2, 0) is 52.2 Å². The Labute approximate surface area is 303 Å². The van der Waals surface area contributed by atoms with Gasteiger partial charge in [-0.25, -0.2) is 8.42 Å². The van der Waals surface area contributed by atoms with Crippen LogP contribution in [0.4, 0.5) is 0 Å². The van der Waals surface area contributed by atoms with Crippen molar-refractivity contribution in [1.82, 2.24) is 24.3 Å². The monoisotopic (exact) mass is 735 g/mol. The fourth-order valence-corrected chi connectivity index (χ4v) is 7.37. The highest BCUT2D eigenvalue weighted by molar-refractivity contribution is 7.88. The normalized spacial score (nSPS) is 16.8. The van der Waals surface area contributed by atoms with E-state index in [4.69, 9.17) is 33.0 Å². The molecular formula is C37H39Cl2N5O5S. The number of hydrogen-bond donors (Lipinski definition) is 2. The molecule has 0 aliphatic carbocycles. The van der Waals surface area contributed by atoms with Gasteiger partial charge in [0.1, 0.15) is 6.04 Å². The van der Waals surface area contributed by atoms with Crippen molar-refractivity contribution in [3.63, 3.8) is 0 Å². The number of nitrogens with zero attached hydrogens (tertiary/aromatic N) is 4. The first-order valence-corrected chi connectivity index (χ1v) is 19.1. The van der Waals surface area contributed by atoms with Crippen molar-refractivity contribution in [1.29, 1.82) is 0 Å². The van der Waals surface area contributed by atoms with Crippen LogP contribution in [-0.4, -0.2) is 83.6 Å². The molecule has 2 N–H and O–H groups in total. The van der Waals surface area contributed by atoms with Gasteiger partial charge in [-0.05, 0) is 53.9 Å². The summed E-state index contributed by atoms with van der Waals surface area (Å²) in [4.78, 5) is 13.7. The lowest BCUT2D eigenvalue weighted by Crippen LogP contribution is -2.50. The van der Waals surface area contributed by atoms with Crippen LogP contribution in [0, 0.1) is 11.8 Å². The molecule has 1 saturated heterocycles. The van der Waals surface area contributed by atoms with Crippen molar-refractivity contribution < 1.29 is 23.1 Å². The van der Waals surface area contributed by atoms with E-state index >= 15 is 0 Å². The highest BCUT2D eigenvalue weighted by atomic mass is 35.5. The molecule has 3 aromatic carbocycles. The Hall–Kier alpha value is -3.73. The highest BCUT2D eigenvalue weighted by Gasteiger charge is 2.31. The molecule has 13 heteroatoms. The number of aromatic nitrogens is 2. The first-order chi connectivity index (χ1) is 24.0. The van der Waals surface area contributed by atoms with Gasteiger partial charge in [0.25, 0.3) is 0 Å². The number of rotatable bonds is 11. The van der Waals surface area contributed by atoms with Gasteiger partial charge < -0.3 is 15.2 Å². The van der Waals surface area contributed by atoms with Crippen molar-refractivity contribution in [2.75, 3.05) is 39.1 Å². The van der Waals surface area contributed by atoms with Crippen LogP contribution < -0.4 is 5.32 Å². The van der Waals surface area contributed by atoms with E-state index in [0.717, 1.165) is 45.1 Å². The van der Waals surface area contributed by atoms with Crippen molar-refractivity contribution in [3.8, 4) is 23.1 Å². The van der Waals surface area contributed by atoms with Crippen LogP contribution >= 0.6 is 23.2 Å². The Bertz CT molecular complexity index is 2010. The Kier molecular flexibility index (Phi) is 11.6. The highest BCUT2D eigenvalue weighted by Crippen LogP contribution is 2.33. The van der Waals surface area contributed by atoms with Gasteiger partial charge in [-0.2, -0.15) is 9.40 Å². The summed E-state index contributed by atoms with van der Waals surface area (Å²) in [5, 5.41) is 19.3. The Morgan fingerprint density at radius 3 is 2.42 bits per heavy atom. The molecule has 50 heavy (non-hydrogen) atoms. The van der Waals surface area contributed by atoms with E-state index in [9.17, 15) is 18.3 Å². The number of sulfonamides is 1. The summed E-state index contributed by atoms with van der Waals surface area (Å²) in [7, 11) is -3.41. The number of morpholine rings is 1. The maximum atomic E-state index is 12.5. The van der Waals surface area contributed by atoms with Gasteiger partial charge in [-0.3, -0.25) is 14.4 Å². The number of aliphatic carboxylic acids is 1. The molecule has 0 amide bonds. The zero-order chi connectivity index (χ0) is 35.3. The van der Waals surface area contributed by atoms with E-state index in [1.807, 2.05) is 70.2 Å². The minimum absolute atomic E-state index is 0.175. The van der Waals surface area contributed by atoms with Gasteiger partial charge >= 0.3 is 5.97 Å². The fraction of sp³-hybridized carbons (Fsp3) is 0.351. The van der Waals surface area contributed by atoms with Crippen LogP contribution in [0.1, 0.15) is 39.9 Å². The number of ether oxygens (including phenoxy) is 1. The molecule has 1 atom stereocenters. The van der Waals surface area contributed by atoms with Gasteiger partial charge in [0, 0.05) is 85.2 Å². The van der Waals surface area contributed by atoms with Crippen molar-refractivity contribution >= 4 is 39.2 Å². The molecular weight excluding hydrogens is 697 g/mol. The molecule has 1 aromatic heterocycles. The molecule has 3 heterocycles. The second kappa shape index (κ2) is 16.1. The first kappa shape index (κ1) is 36.1. The topological polar surface area (TPSA) is 117 Å². The summed E-state index contributed by atoms with van der Waals surface area (Å²) in [6.07, 6.45) is 2.43. The van der Waals surface area contributed by atoms with E-state index in [1.54, 1.807) is 6.07 Å². The zero-order valence-electron chi connectivity index (χ0n) is 27.7. The van der Waals surface area contributed by atoms with Crippen molar-refractivity contribution in [3.05, 3.63) is 110 Å². The van der Waals surface area contributed by atoms with Gasteiger partial charge in [-0.15, -0.1) is 0 Å². The number of carboxylic acids is 1. The molecule has 1 fully saturated rings. The maximum Gasteiger partial charge on any atom is 0.323 e. The number of fused-ring (bicyclic) bond motifs is 1. The lowest BCUT2D eigenvalue weighted by Gasteiger charge is -2.32. The first-order valence-electron chi connectivity index (χ1n) is 16.5. The molecule has 0 bridgehead atoms. The minimum Gasteiger partial charge on any atom is -0.480 e. The summed E-state index contributed by atoms with van der Waals surface area (Å²) < 4.78 is 33.9.